The lowest BCUT2D eigenvalue weighted by molar-refractivity contribution is 0.0740. The number of hydrogen-bond acceptors (Lipinski definition) is 5. The van der Waals surface area contributed by atoms with E-state index in [1.165, 1.54) is 11.3 Å². The zero-order valence-corrected chi connectivity index (χ0v) is 12.5. The highest BCUT2D eigenvalue weighted by Gasteiger charge is 2.20. The van der Waals surface area contributed by atoms with Crippen LogP contribution in [0.5, 0.6) is 0 Å². The molecule has 1 aromatic heterocycles. The van der Waals surface area contributed by atoms with Gasteiger partial charge < -0.3 is 10.2 Å². The van der Waals surface area contributed by atoms with Crippen molar-refractivity contribution < 1.29 is 13.2 Å². The summed E-state index contributed by atoms with van der Waals surface area (Å²) >= 11 is 1.29. The summed E-state index contributed by atoms with van der Waals surface area (Å²) in [6.07, 6.45) is 0. The Balaban J connectivity index is 2.06. The summed E-state index contributed by atoms with van der Waals surface area (Å²) < 4.78 is 23.1. The number of nitrogens with one attached hydrogen (secondary N) is 1. The largest absolute Gasteiger partial charge is 0.335 e. The monoisotopic (exact) mass is 302 g/mol. The molecule has 1 aromatic rings. The number of nitrogens with zero attached hydrogens (tertiary/aromatic N) is 1. The van der Waals surface area contributed by atoms with Gasteiger partial charge in [-0.15, -0.1) is 11.3 Å². The number of hydrogen-bond donors (Lipinski definition) is 1. The fourth-order valence-corrected chi connectivity index (χ4v) is 4.19. The summed E-state index contributed by atoms with van der Waals surface area (Å²) in [6, 6.07) is 3.48. The van der Waals surface area contributed by atoms with Crippen molar-refractivity contribution in [2.45, 2.75) is 12.7 Å². The van der Waals surface area contributed by atoms with E-state index in [2.05, 4.69) is 5.32 Å². The lowest BCUT2D eigenvalue weighted by Gasteiger charge is -2.26. The molecule has 19 heavy (non-hydrogen) atoms. The Kier molecular flexibility index (Phi) is 4.59. The number of thiophene rings is 1. The number of carbonyl (C=O) groups is 1. The molecule has 5 nitrogen and oxygen atoms in total. The van der Waals surface area contributed by atoms with Gasteiger partial charge in [-0.25, -0.2) is 8.42 Å². The van der Waals surface area contributed by atoms with Crippen LogP contribution in [-0.2, 0) is 15.6 Å². The molecule has 0 aliphatic carbocycles. The lowest BCUT2D eigenvalue weighted by atomic mass is 10.3. The third-order valence-electron chi connectivity index (χ3n) is 3.08. The van der Waals surface area contributed by atoms with Crippen LogP contribution in [0.1, 0.15) is 21.5 Å². The minimum atomic E-state index is -3.03. The van der Waals surface area contributed by atoms with Crippen LogP contribution in [0.4, 0.5) is 0 Å². The Morgan fingerprint density at radius 2 is 2.05 bits per heavy atom. The zero-order valence-electron chi connectivity index (χ0n) is 10.9. The van der Waals surface area contributed by atoms with Gasteiger partial charge in [0, 0.05) is 36.8 Å². The first-order chi connectivity index (χ1) is 9.02. The van der Waals surface area contributed by atoms with Gasteiger partial charge in [-0.05, 0) is 12.1 Å². The number of piperazine rings is 1. The van der Waals surface area contributed by atoms with Gasteiger partial charge in [0.05, 0.1) is 10.6 Å². The summed E-state index contributed by atoms with van der Waals surface area (Å²) in [5.41, 5.74) is 0. The average molecular weight is 302 g/mol. The molecule has 106 valence electrons. The number of sulfone groups is 1. The molecule has 1 fully saturated rings. The average Bonchev–Trinajstić information content (AvgIpc) is 2.86. The van der Waals surface area contributed by atoms with E-state index < -0.39 is 9.84 Å². The molecule has 0 atom stereocenters. The van der Waals surface area contributed by atoms with Crippen LogP contribution in [0.25, 0.3) is 0 Å². The van der Waals surface area contributed by atoms with Crippen LogP contribution in [0.15, 0.2) is 12.1 Å². The van der Waals surface area contributed by atoms with E-state index in [1.807, 2.05) is 0 Å². The van der Waals surface area contributed by atoms with Gasteiger partial charge in [0.15, 0.2) is 9.84 Å². The Bertz CT molecular complexity index is 545. The molecule has 7 heteroatoms. The van der Waals surface area contributed by atoms with Gasteiger partial charge >= 0.3 is 0 Å². The highest BCUT2D eigenvalue weighted by molar-refractivity contribution is 7.90. The summed E-state index contributed by atoms with van der Waals surface area (Å²) in [6.45, 7) is 4.68. The van der Waals surface area contributed by atoms with E-state index in [0.29, 0.717) is 18.0 Å². The summed E-state index contributed by atoms with van der Waals surface area (Å²) in [4.78, 5) is 15.4. The zero-order chi connectivity index (χ0) is 13.9. The number of rotatable bonds is 4. The first-order valence-electron chi connectivity index (χ1n) is 6.31. The molecule has 2 heterocycles. The Morgan fingerprint density at radius 3 is 2.68 bits per heavy atom. The van der Waals surface area contributed by atoms with Crippen LogP contribution in [0.2, 0.25) is 0 Å². The van der Waals surface area contributed by atoms with E-state index >= 15 is 0 Å². The van der Waals surface area contributed by atoms with E-state index in [1.54, 1.807) is 24.0 Å². The number of amides is 1. The Labute approximate surface area is 117 Å². The van der Waals surface area contributed by atoms with Gasteiger partial charge in [-0.2, -0.15) is 0 Å². The standard InChI is InChI=1S/C12H18N2O3S2/c1-2-19(16,17)9-10-3-4-11(18-10)12(15)14-7-5-13-6-8-14/h3-4,13H,2,5-9H2,1H3. The second-order valence-electron chi connectivity index (χ2n) is 4.48. The summed E-state index contributed by atoms with van der Waals surface area (Å²) in [5.74, 6) is 0.168. The van der Waals surface area contributed by atoms with E-state index in [0.717, 1.165) is 18.0 Å². The molecule has 0 unspecified atom stereocenters. The SMILES string of the molecule is CCS(=O)(=O)Cc1ccc(C(=O)N2CCNCC2)s1. The topological polar surface area (TPSA) is 66.5 Å². The van der Waals surface area contributed by atoms with Crippen LogP contribution in [0, 0.1) is 0 Å². The highest BCUT2D eigenvalue weighted by Crippen LogP contribution is 2.21. The van der Waals surface area contributed by atoms with Gasteiger partial charge in [0.1, 0.15) is 0 Å². The summed E-state index contributed by atoms with van der Waals surface area (Å²) in [7, 11) is -3.03. The molecule has 2 rings (SSSR count). The third-order valence-corrected chi connectivity index (χ3v) is 5.97. The first kappa shape index (κ1) is 14.5. The lowest BCUT2D eigenvalue weighted by Crippen LogP contribution is -2.46. The van der Waals surface area contributed by atoms with E-state index in [-0.39, 0.29) is 17.4 Å². The molecule has 0 spiro atoms. The van der Waals surface area contributed by atoms with Crippen molar-refractivity contribution >= 4 is 27.1 Å². The molecule has 1 aliphatic heterocycles. The van der Waals surface area contributed by atoms with Crippen LogP contribution < -0.4 is 5.32 Å². The maximum atomic E-state index is 12.2. The quantitative estimate of drug-likeness (QED) is 0.890. The van der Waals surface area contributed by atoms with Crippen molar-refractivity contribution in [3.05, 3.63) is 21.9 Å². The van der Waals surface area contributed by atoms with Crippen molar-refractivity contribution in [3.63, 3.8) is 0 Å². The van der Waals surface area contributed by atoms with Crippen molar-refractivity contribution in [2.75, 3.05) is 31.9 Å². The van der Waals surface area contributed by atoms with E-state index in [4.69, 9.17) is 0 Å². The Hall–Kier alpha value is -0.920. The molecular weight excluding hydrogens is 284 g/mol. The molecule has 0 bridgehead atoms. The maximum Gasteiger partial charge on any atom is 0.264 e. The molecule has 1 N–H and O–H groups in total. The second-order valence-corrected chi connectivity index (χ2v) is 8.01. The Morgan fingerprint density at radius 1 is 1.37 bits per heavy atom. The smallest absolute Gasteiger partial charge is 0.264 e. The second kappa shape index (κ2) is 6.02. The first-order valence-corrected chi connectivity index (χ1v) is 8.95. The molecule has 1 amide bonds. The third kappa shape index (κ3) is 3.77. The molecule has 0 saturated carbocycles. The molecule has 0 radical (unpaired) electrons. The maximum absolute atomic E-state index is 12.2. The van der Waals surface area contributed by atoms with Gasteiger partial charge in [0.25, 0.3) is 5.91 Å². The summed E-state index contributed by atoms with van der Waals surface area (Å²) in [5, 5.41) is 3.20. The molecule has 1 saturated heterocycles. The van der Waals surface area contributed by atoms with Crippen molar-refractivity contribution in [3.8, 4) is 0 Å². The molecule has 1 aliphatic rings. The van der Waals surface area contributed by atoms with E-state index in [9.17, 15) is 13.2 Å². The van der Waals surface area contributed by atoms with Crippen LogP contribution in [-0.4, -0.2) is 51.2 Å². The van der Waals surface area contributed by atoms with Gasteiger partial charge in [0.2, 0.25) is 0 Å². The fourth-order valence-electron chi connectivity index (χ4n) is 1.91. The minimum Gasteiger partial charge on any atom is -0.335 e. The predicted molar refractivity (Wildman–Crippen MR) is 76.3 cm³/mol. The fraction of sp³-hybridized carbons (Fsp3) is 0.583. The van der Waals surface area contributed by atoms with Gasteiger partial charge in [-0.1, -0.05) is 6.92 Å². The van der Waals surface area contributed by atoms with Crippen molar-refractivity contribution in [1.29, 1.82) is 0 Å². The van der Waals surface area contributed by atoms with Crippen LogP contribution in [0.3, 0.4) is 0 Å². The van der Waals surface area contributed by atoms with Crippen molar-refractivity contribution in [1.82, 2.24) is 10.2 Å². The van der Waals surface area contributed by atoms with Crippen LogP contribution >= 0.6 is 11.3 Å². The minimum absolute atomic E-state index is 0.00615. The molecular formula is C12H18N2O3S2. The predicted octanol–water partition coefficient (Wildman–Crippen LogP) is 0.728. The normalized spacial score (nSPS) is 16.6. The van der Waals surface area contributed by atoms with Crippen molar-refractivity contribution in [2.24, 2.45) is 0 Å². The molecule has 0 aromatic carbocycles. The van der Waals surface area contributed by atoms with Gasteiger partial charge in [-0.3, -0.25) is 4.79 Å². The number of carbonyl (C=O) groups excluding carboxylic acids is 1. The highest BCUT2D eigenvalue weighted by atomic mass is 32.2.